The number of rotatable bonds is 4. The molecule has 1 fully saturated rings. The van der Waals surface area contributed by atoms with Crippen molar-refractivity contribution in [3.8, 4) is 11.5 Å². The highest BCUT2D eigenvalue weighted by atomic mass is 16.6. The molecule has 1 N–H and O–H groups in total. The average Bonchev–Trinajstić information content (AvgIpc) is 2.60. The van der Waals surface area contributed by atoms with Crippen LogP contribution in [0.4, 0.5) is 0 Å². The summed E-state index contributed by atoms with van der Waals surface area (Å²) in [6.45, 7) is 7.19. The molecular formula is C21H29NO3. The quantitative estimate of drug-likeness (QED) is 0.609. The topological polar surface area (TPSA) is 51.0 Å². The van der Waals surface area contributed by atoms with E-state index in [2.05, 4.69) is 38.1 Å². The molecule has 1 aliphatic carbocycles. The number of oxime groups is 1. The Morgan fingerprint density at radius 1 is 1.48 bits per heavy atom. The standard InChI is InChI=1S/C21H29NO3/c1-5-6-13(2)14(3)16-9-19(23)21-18-11-17(22-24-4)8-7-15(18)12-25-20(21)10-16/h6,9-10,14-15,18,23H,5,7-8,11-12H2,1-4H3. The Kier molecular flexibility index (Phi) is 5.36. The van der Waals surface area contributed by atoms with Crippen LogP contribution in [0.15, 0.2) is 28.9 Å². The molecular weight excluding hydrogens is 314 g/mol. The van der Waals surface area contributed by atoms with E-state index in [0.29, 0.717) is 11.7 Å². The zero-order valence-corrected chi connectivity index (χ0v) is 15.7. The van der Waals surface area contributed by atoms with Crippen molar-refractivity contribution in [3.05, 3.63) is 34.9 Å². The first-order chi connectivity index (χ1) is 12.0. The molecule has 25 heavy (non-hydrogen) atoms. The lowest BCUT2D eigenvalue weighted by Gasteiger charge is -2.38. The average molecular weight is 343 g/mol. The molecule has 0 spiro atoms. The van der Waals surface area contributed by atoms with Crippen LogP contribution in [0.1, 0.15) is 69.4 Å². The second kappa shape index (κ2) is 7.51. The zero-order valence-electron chi connectivity index (χ0n) is 15.7. The van der Waals surface area contributed by atoms with Gasteiger partial charge in [-0.2, -0.15) is 0 Å². The minimum Gasteiger partial charge on any atom is -0.508 e. The van der Waals surface area contributed by atoms with Crippen molar-refractivity contribution in [3.63, 3.8) is 0 Å². The number of benzene rings is 1. The van der Waals surface area contributed by atoms with E-state index in [1.165, 1.54) is 5.57 Å². The molecule has 4 nitrogen and oxygen atoms in total. The van der Waals surface area contributed by atoms with Gasteiger partial charge in [0, 0.05) is 23.3 Å². The maximum Gasteiger partial charge on any atom is 0.126 e. The second-order valence-electron chi connectivity index (χ2n) is 7.29. The lowest BCUT2D eigenvalue weighted by atomic mass is 9.73. The molecule has 4 heteroatoms. The van der Waals surface area contributed by atoms with Crippen molar-refractivity contribution < 1.29 is 14.7 Å². The molecule has 1 aliphatic heterocycles. The van der Waals surface area contributed by atoms with Gasteiger partial charge in [-0.15, -0.1) is 0 Å². The molecule has 1 saturated carbocycles. The van der Waals surface area contributed by atoms with Gasteiger partial charge >= 0.3 is 0 Å². The number of fused-ring (bicyclic) bond motifs is 3. The first-order valence-electron chi connectivity index (χ1n) is 9.30. The van der Waals surface area contributed by atoms with E-state index in [9.17, 15) is 5.11 Å². The Bertz CT molecular complexity index is 693. The van der Waals surface area contributed by atoms with Gasteiger partial charge < -0.3 is 14.7 Å². The SMILES string of the molecule is CCC=C(C)C(C)c1cc(O)c2c(c1)OCC1CCC(=NOC)CC21. The van der Waals surface area contributed by atoms with Crippen LogP contribution in [0.25, 0.3) is 0 Å². The van der Waals surface area contributed by atoms with Crippen molar-refractivity contribution in [1.82, 2.24) is 0 Å². The van der Waals surface area contributed by atoms with Gasteiger partial charge in [0.1, 0.15) is 18.6 Å². The minimum absolute atomic E-state index is 0.267. The van der Waals surface area contributed by atoms with Crippen molar-refractivity contribution in [2.75, 3.05) is 13.7 Å². The number of phenols is 1. The summed E-state index contributed by atoms with van der Waals surface area (Å²) < 4.78 is 6.05. The molecule has 3 rings (SSSR count). The van der Waals surface area contributed by atoms with Gasteiger partial charge in [0.2, 0.25) is 0 Å². The molecule has 0 saturated heterocycles. The van der Waals surface area contributed by atoms with Gasteiger partial charge in [-0.25, -0.2) is 0 Å². The Labute approximate surface area is 150 Å². The Hall–Kier alpha value is -1.97. The number of ether oxygens (including phenoxy) is 1. The first-order valence-corrected chi connectivity index (χ1v) is 9.30. The van der Waals surface area contributed by atoms with E-state index in [0.717, 1.165) is 54.9 Å². The minimum atomic E-state index is 0.267. The van der Waals surface area contributed by atoms with Crippen molar-refractivity contribution in [2.45, 2.75) is 58.3 Å². The summed E-state index contributed by atoms with van der Waals surface area (Å²) in [5.74, 6) is 2.18. The van der Waals surface area contributed by atoms with Gasteiger partial charge in [0.05, 0.1) is 12.3 Å². The number of allylic oxidation sites excluding steroid dienone is 2. The molecule has 3 atom stereocenters. The van der Waals surface area contributed by atoms with Crippen LogP contribution in [-0.4, -0.2) is 24.5 Å². The zero-order chi connectivity index (χ0) is 18.0. The molecule has 3 unspecified atom stereocenters. The molecule has 1 aromatic rings. The van der Waals surface area contributed by atoms with Gasteiger partial charge in [-0.1, -0.05) is 30.7 Å². The summed E-state index contributed by atoms with van der Waals surface area (Å²) >= 11 is 0. The van der Waals surface area contributed by atoms with Crippen LogP contribution in [0, 0.1) is 5.92 Å². The van der Waals surface area contributed by atoms with Crippen LogP contribution in [0.5, 0.6) is 11.5 Å². The molecule has 1 heterocycles. The highest BCUT2D eigenvalue weighted by Gasteiger charge is 2.37. The van der Waals surface area contributed by atoms with E-state index >= 15 is 0 Å². The van der Waals surface area contributed by atoms with Gasteiger partial charge in [0.15, 0.2) is 0 Å². The monoisotopic (exact) mass is 343 g/mol. The lowest BCUT2D eigenvalue weighted by Crippen LogP contribution is -2.32. The Morgan fingerprint density at radius 2 is 2.28 bits per heavy atom. The summed E-state index contributed by atoms with van der Waals surface area (Å²) in [5, 5.41) is 14.9. The van der Waals surface area contributed by atoms with Crippen LogP contribution < -0.4 is 4.74 Å². The maximum atomic E-state index is 10.8. The third kappa shape index (κ3) is 3.53. The fraction of sp³-hybridized carbons (Fsp3) is 0.571. The number of hydrogen-bond donors (Lipinski definition) is 1. The van der Waals surface area contributed by atoms with E-state index in [-0.39, 0.29) is 11.8 Å². The van der Waals surface area contributed by atoms with Crippen LogP contribution in [0.2, 0.25) is 0 Å². The van der Waals surface area contributed by atoms with Gasteiger partial charge in [-0.3, -0.25) is 0 Å². The molecule has 0 amide bonds. The second-order valence-corrected chi connectivity index (χ2v) is 7.29. The summed E-state index contributed by atoms with van der Waals surface area (Å²) in [5.41, 5.74) is 4.46. The Morgan fingerprint density at radius 3 is 3.00 bits per heavy atom. The summed E-state index contributed by atoms with van der Waals surface area (Å²) in [6, 6.07) is 4.04. The predicted octanol–water partition coefficient (Wildman–Crippen LogP) is 5.13. The number of nitrogens with zero attached hydrogens (tertiary/aromatic N) is 1. The predicted molar refractivity (Wildman–Crippen MR) is 101 cm³/mol. The van der Waals surface area contributed by atoms with Gasteiger partial charge in [0.25, 0.3) is 0 Å². The van der Waals surface area contributed by atoms with E-state index in [1.807, 2.05) is 6.07 Å². The van der Waals surface area contributed by atoms with Crippen molar-refractivity contribution in [1.29, 1.82) is 0 Å². The third-order valence-corrected chi connectivity index (χ3v) is 5.72. The molecule has 0 radical (unpaired) electrons. The molecule has 2 aliphatic rings. The third-order valence-electron chi connectivity index (χ3n) is 5.72. The normalized spacial score (nSPS) is 25.8. The number of phenolic OH excluding ortho intramolecular Hbond substituents is 1. The van der Waals surface area contributed by atoms with Gasteiger partial charge in [-0.05, 0) is 50.3 Å². The van der Waals surface area contributed by atoms with E-state index in [1.54, 1.807) is 7.11 Å². The van der Waals surface area contributed by atoms with Crippen molar-refractivity contribution in [2.24, 2.45) is 11.1 Å². The van der Waals surface area contributed by atoms with Crippen LogP contribution in [-0.2, 0) is 4.84 Å². The highest BCUT2D eigenvalue weighted by Crippen LogP contribution is 2.49. The summed E-state index contributed by atoms with van der Waals surface area (Å²) in [7, 11) is 1.59. The van der Waals surface area contributed by atoms with Crippen LogP contribution >= 0.6 is 0 Å². The van der Waals surface area contributed by atoms with Crippen LogP contribution in [0.3, 0.4) is 0 Å². The van der Waals surface area contributed by atoms with Crippen molar-refractivity contribution >= 4 is 5.71 Å². The fourth-order valence-corrected chi connectivity index (χ4v) is 4.16. The fourth-order valence-electron chi connectivity index (χ4n) is 4.16. The summed E-state index contributed by atoms with van der Waals surface area (Å²) in [6.07, 6.45) is 6.08. The largest absolute Gasteiger partial charge is 0.508 e. The molecule has 136 valence electrons. The smallest absolute Gasteiger partial charge is 0.126 e. The molecule has 0 aromatic heterocycles. The maximum absolute atomic E-state index is 10.8. The first kappa shape index (κ1) is 17.8. The highest BCUT2D eigenvalue weighted by molar-refractivity contribution is 5.86. The van der Waals surface area contributed by atoms with E-state index in [4.69, 9.17) is 9.57 Å². The number of hydrogen-bond acceptors (Lipinski definition) is 4. The molecule has 1 aromatic carbocycles. The molecule has 0 bridgehead atoms. The number of aromatic hydroxyl groups is 1. The lowest BCUT2D eigenvalue weighted by molar-refractivity contribution is 0.171. The summed E-state index contributed by atoms with van der Waals surface area (Å²) in [4.78, 5) is 4.97. The van der Waals surface area contributed by atoms with E-state index < -0.39 is 0 Å². The Balaban J connectivity index is 1.94.